The second kappa shape index (κ2) is 10.1. The van der Waals surface area contributed by atoms with Gasteiger partial charge in [-0.15, -0.1) is 0 Å². The maximum absolute atomic E-state index is 13.5. The fourth-order valence-corrected chi connectivity index (χ4v) is 5.10. The van der Waals surface area contributed by atoms with Gasteiger partial charge in [-0.3, -0.25) is 14.5 Å². The van der Waals surface area contributed by atoms with Crippen molar-refractivity contribution in [2.45, 2.75) is 18.6 Å². The Bertz CT molecular complexity index is 1270. The highest BCUT2D eigenvalue weighted by Gasteiger charge is 2.40. The van der Waals surface area contributed by atoms with Crippen LogP contribution in [0, 0.1) is 18.3 Å². The Kier molecular flexibility index (Phi) is 6.97. The number of hydrogen-bond donors (Lipinski definition) is 1. The molecule has 33 heavy (non-hydrogen) atoms. The number of benzene rings is 3. The van der Waals surface area contributed by atoms with Crippen LogP contribution in [0.25, 0.3) is 0 Å². The summed E-state index contributed by atoms with van der Waals surface area (Å²) < 4.78 is 0.961. The molecule has 0 bridgehead atoms. The Morgan fingerprint density at radius 3 is 2.39 bits per heavy atom. The molecule has 1 N–H and O–H groups in total. The fourth-order valence-electron chi connectivity index (χ4n) is 3.53. The van der Waals surface area contributed by atoms with Crippen LogP contribution >= 0.6 is 27.7 Å². The van der Waals surface area contributed by atoms with Gasteiger partial charge in [0, 0.05) is 15.8 Å². The molecule has 3 aromatic rings. The van der Waals surface area contributed by atoms with Gasteiger partial charge in [-0.25, -0.2) is 0 Å². The average molecular weight is 518 g/mol. The SMILES string of the molecule is Cc1ccccc1NC(=O)C(C#N)=C1SC(Cc2ccc(Br)cc2)C(=O)N1c1ccccc1. The Morgan fingerprint density at radius 2 is 1.73 bits per heavy atom. The van der Waals surface area contributed by atoms with E-state index < -0.39 is 11.2 Å². The van der Waals surface area contributed by atoms with Gasteiger partial charge >= 0.3 is 0 Å². The minimum Gasteiger partial charge on any atom is -0.321 e. The maximum Gasteiger partial charge on any atom is 0.269 e. The van der Waals surface area contributed by atoms with Gasteiger partial charge in [0.25, 0.3) is 5.91 Å². The van der Waals surface area contributed by atoms with E-state index in [1.54, 1.807) is 18.2 Å². The molecular formula is C26H20BrN3O2S. The van der Waals surface area contributed by atoms with Crippen molar-refractivity contribution < 1.29 is 9.59 Å². The lowest BCUT2D eigenvalue weighted by Gasteiger charge is -2.18. The van der Waals surface area contributed by atoms with Crippen molar-refractivity contribution in [2.24, 2.45) is 0 Å². The molecule has 1 saturated heterocycles. The normalized spacial score (nSPS) is 16.9. The van der Waals surface area contributed by atoms with Gasteiger partial charge in [0.05, 0.1) is 5.25 Å². The molecule has 1 unspecified atom stereocenters. The molecule has 7 heteroatoms. The van der Waals surface area contributed by atoms with Crippen LogP contribution in [0.15, 0.2) is 93.9 Å². The molecule has 164 valence electrons. The minimum atomic E-state index is -0.535. The quantitative estimate of drug-likeness (QED) is 0.341. The molecule has 0 aromatic heterocycles. The second-order valence-electron chi connectivity index (χ2n) is 7.51. The number of anilines is 2. The number of carbonyl (C=O) groups excluding carboxylic acids is 2. The van der Waals surface area contributed by atoms with Gasteiger partial charge in [0.1, 0.15) is 16.7 Å². The highest BCUT2D eigenvalue weighted by molar-refractivity contribution is 9.10. The van der Waals surface area contributed by atoms with E-state index in [2.05, 4.69) is 21.2 Å². The van der Waals surface area contributed by atoms with Gasteiger partial charge in [-0.05, 0) is 54.8 Å². The summed E-state index contributed by atoms with van der Waals surface area (Å²) in [6.07, 6.45) is 0.488. The number of halogens is 1. The number of nitriles is 1. The lowest BCUT2D eigenvalue weighted by atomic mass is 10.1. The Morgan fingerprint density at radius 1 is 1.06 bits per heavy atom. The number of aryl methyl sites for hydroxylation is 1. The molecule has 1 fully saturated rings. The van der Waals surface area contributed by atoms with E-state index in [-0.39, 0.29) is 11.5 Å². The van der Waals surface area contributed by atoms with Gasteiger partial charge < -0.3 is 5.32 Å². The molecule has 1 aliphatic heterocycles. The molecule has 2 amide bonds. The molecule has 0 radical (unpaired) electrons. The van der Waals surface area contributed by atoms with E-state index in [4.69, 9.17) is 0 Å². The van der Waals surface area contributed by atoms with Crippen molar-refractivity contribution in [1.29, 1.82) is 5.26 Å². The number of para-hydroxylation sites is 2. The van der Waals surface area contributed by atoms with Gasteiger partial charge in [-0.1, -0.05) is 76.2 Å². The third-order valence-electron chi connectivity index (χ3n) is 5.25. The highest BCUT2D eigenvalue weighted by Crippen LogP contribution is 2.42. The van der Waals surface area contributed by atoms with Crippen molar-refractivity contribution in [3.63, 3.8) is 0 Å². The van der Waals surface area contributed by atoms with E-state index >= 15 is 0 Å². The van der Waals surface area contributed by atoms with Crippen LogP contribution in [0.2, 0.25) is 0 Å². The molecule has 0 spiro atoms. The summed E-state index contributed by atoms with van der Waals surface area (Å²) in [6, 6.07) is 26.3. The van der Waals surface area contributed by atoms with Gasteiger partial charge in [-0.2, -0.15) is 5.26 Å². The molecular weight excluding hydrogens is 498 g/mol. The predicted molar refractivity (Wildman–Crippen MR) is 136 cm³/mol. The predicted octanol–water partition coefficient (Wildman–Crippen LogP) is 5.82. The third-order valence-corrected chi connectivity index (χ3v) is 7.04. The highest BCUT2D eigenvalue weighted by atomic mass is 79.9. The third kappa shape index (κ3) is 5.03. The summed E-state index contributed by atoms with van der Waals surface area (Å²) in [5, 5.41) is 12.7. The van der Waals surface area contributed by atoms with E-state index in [9.17, 15) is 14.9 Å². The number of hydrogen-bond acceptors (Lipinski definition) is 4. The van der Waals surface area contributed by atoms with Crippen molar-refractivity contribution in [3.05, 3.63) is 105 Å². The van der Waals surface area contributed by atoms with E-state index in [1.807, 2.05) is 73.7 Å². The zero-order chi connectivity index (χ0) is 23.4. The standard InChI is InChI=1S/C26H20BrN3O2S/c1-17-7-5-6-10-22(17)29-24(31)21(16-28)26-30(20-8-3-2-4-9-20)25(32)23(33-26)15-18-11-13-19(27)14-12-18/h2-14,23H,15H2,1H3,(H,29,31). The zero-order valence-electron chi connectivity index (χ0n) is 17.8. The van der Waals surface area contributed by atoms with Crippen molar-refractivity contribution in [1.82, 2.24) is 0 Å². The summed E-state index contributed by atoms with van der Waals surface area (Å²) in [7, 11) is 0. The summed E-state index contributed by atoms with van der Waals surface area (Å²) in [5.41, 5.74) is 3.05. The van der Waals surface area contributed by atoms with Crippen LogP contribution in [0.3, 0.4) is 0 Å². The first-order valence-corrected chi connectivity index (χ1v) is 12.0. The number of nitrogens with zero attached hydrogens (tertiary/aromatic N) is 2. The molecule has 5 nitrogen and oxygen atoms in total. The summed E-state index contributed by atoms with van der Waals surface area (Å²) in [4.78, 5) is 28.1. The molecule has 1 atom stereocenters. The number of rotatable bonds is 5. The second-order valence-corrected chi connectivity index (χ2v) is 9.61. The summed E-state index contributed by atoms with van der Waals surface area (Å²) in [6.45, 7) is 1.88. The lowest BCUT2D eigenvalue weighted by Crippen LogP contribution is -2.30. The van der Waals surface area contributed by atoms with Crippen LogP contribution in [-0.2, 0) is 16.0 Å². The first-order chi connectivity index (χ1) is 16.0. The summed E-state index contributed by atoms with van der Waals surface area (Å²) in [5.74, 6) is -0.687. The van der Waals surface area contributed by atoms with E-state index in [0.29, 0.717) is 22.8 Å². The minimum absolute atomic E-state index is 0.0845. The molecule has 3 aromatic carbocycles. The van der Waals surface area contributed by atoms with Crippen molar-refractivity contribution >= 4 is 50.9 Å². The largest absolute Gasteiger partial charge is 0.321 e. The van der Waals surface area contributed by atoms with Crippen LogP contribution in [-0.4, -0.2) is 17.1 Å². The molecule has 0 aliphatic carbocycles. The molecule has 4 rings (SSSR count). The van der Waals surface area contributed by atoms with Crippen LogP contribution < -0.4 is 10.2 Å². The van der Waals surface area contributed by atoms with Gasteiger partial charge in [0.2, 0.25) is 5.91 Å². The van der Waals surface area contributed by atoms with Crippen LogP contribution in [0.4, 0.5) is 11.4 Å². The topological polar surface area (TPSA) is 73.2 Å². The Hall–Kier alpha value is -3.34. The number of nitrogens with one attached hydrogen (secondary N) is 1. The summed E-state index contributed by atoms with van der Waals surface area (Å²) >= 11 is 4.69. The lowest BCUT2D eigenvalue weighted by molar-refractivity contribution is -0.117. The monoisotopic (exact) mass is 517 g/mol. The molecule has 1 heterocycles. The Labute approximate surface area is 205 Å². The van der Waals surface area contributed by atoms with Gasteiger partial charge in [0.15, 0.2) is 0 Å². The number of amides is 2. The van der Waals surface area contributed by atoms with Crippen LogP contribution in [0.5, 0.6) is 0 Å². The number of thioether (sulfide) groups is 1. The zero-order valence-corrected chi connectivity index (χ0v) is 20.2. The number of carbonyl (C=O) groups is 2. The maximum atomic E-state index is 13.5. The van der Waals surface area contributed by atoms with Crippen molar-refractivity contribution in [2.75, 3.05) is 10.2 Å². The van der Waals surface area contributed by atoms with Crippen LogP contribution in [0.1, 0.15) is 11.1 Å². The first kappa shape index (κ1) is 22.8. The average Bonchev–Trinajstić information content (AvgIpc) is 3.13. The smallest absolute Gasteiger partial charge is 0.269 e. The van der Waals surface area contributed by atoms with E-state index in [1.165, 1.54) is 16.7 Å². The van der Waals surface area contributed by atoms with Crippen molar-refractivity contribution in [3.8, 4) is 6.07 Å². The first-order valence-electron chi connectivity index (χ1n) is 10.3. The van der Waals surface area contributed by atoms with E-state index in [0.717, 1.165) is 15.6 Å². The molecule has 0 saturated carbocycles. The Balaban J connectivity index is 1.72. The molecule has 1 aliphatic rings. The fraction of sp³-hybridized carbons (Fsp3) is 0.115.